The molecule has 1 saturated heterocycles. The number of rotatable bonds is 9. The van der Waals surface area contributed by atoms with Crippen molar-refractivity contribution >= 4 is 17.7 Å². The van der Waals surface area contributed by atoms with Crippen LogP contribution in [-0.4, -0.2) is 62.1 Å². The van der Waals surface area contributed by atoms with Crippen molar-refractivity contribution < 1.29 is 28.6 Å². The van der Waals surface area contributed by atoms with Gasteiger partial charge in [-0.2, -0.15) is 0 Å². The fourth-order valence-electron chi connectivity index (χ4n) is 6.92. The number of carbonyl (C=O) groups excluding carboxylic acids is 3. The third kappa shape index (κ3) is 6.12. The maximum atomic E-state index is 14.5. The zero-order valence-electron chi connectivity index (χ0n) is 23.8. The molecule has 0 radical (unpaired) electrons. The van der Waals surface area contributed by atoms with Crippen molar-refractivity contribution in [1.82, 2.24) is 10.2 Å². The second kappa shape index (κ2) is 12.9. The Morgan fingerprint density at radius 1 is 0.872 bits per heavy atom. The lowest BCUT2D eigenvalue weighted by Crippen LogP contribution is -2.63. The first-order valence-corrected chi connectivity index (χ1v) is 14.6. The molecule has 1 aliphatic heterocycles. The fourth-order valence-corrected chi connectivity index (χ4v) is 6.92. The van der Waals surface area contributed by atoms with Gasteiger partial charge in [0.05, 0.1) is 27.2 Å². The summed E-state index contributed by atoms with van der Waals surface area (Å²) in [6.07, 6.45) is 11.3. The van der Waals surface area contributed by atoms with Gasteiger partial charge < -0.3 is 30.2 Å². The number of nitrogens with two attached hydrogens (primary N) is 1. The number of primary amides is 1. The number of likely N-dealkylation sites (tertiary alicyclic amines) is 1. The first-order valence-electron chi connectivity index (χ1n) is 14.6. The Morgan fingerprint density at radius 3 is 2.03 bits per heavy atom. The Bertz CT molecular complexity index is 1010. The van der Waals surface area contributed by atoms with Gasteiger partial charge in [-0.15, -0.1) is 0 Å². The van der Waals surface area contributed by atoms with Crippen LogP contribution in [0.15, 0.2) is 12.1 Å². The number of carbonyl (C=O) groups is 3. The van der Waals surface area contributed by atoms with Gasteiger partial charge in [0, 0.05) is 6.54 Å². The zero-order valence-corrected chi connectivity index (χ0v) is 23.8. The highest BCUT2D eigenvalue weighted by atomic mass is 16.5. The number of methoxy groups -OCH3 is 3. The summed E-state index contributed by atoms with van der Waals surface area (Å²) in [5.41, 5.74) is 5.59. The SMILES string of the molecule is COc1cc([C@@H](C(=O)N2CCCCC2C(=O)NC2(C(N)=O)CCCCC2)C2CCCCC2)cc(OC)c1OC. The molecule has 2 saturated carbocycles. The number of hydrogen-bond acceptors (Lipinski definition) is 6. The lowest BCUT2D eigenvalue weighted by atomic mass is 9.75. The van der Waals surface area contributed by atoms with E-state index in [2.05, 4.69) is 5.32 Å². The van der Waals surface area contributed by atoms with Crippen molar-refractivity contribution in [2.45, 2.75) is 101 Å². The highest BCUT2D eigenvalue weighted by Crippen LogP contribution is 2.45. The van der Waals surface area contributed by atoms with E-state index >= 15 is 0 Å². The summed E-state index contributed by atoms with van der Waals surface area (Å²) < 4.78 is 16.8. The number of ether oxygens (including phenoxy) is 3. The number of nitrogens with one attached hydrogen (secondary N) is 1. The third-order valence-corrected chi connectivity index (χ3v) is 9.06. The highest BCUT2D eigenvalue weighted by molar-refractivity contribution is 5.95. The van der Waals surface area contributed by atoms with E-state index in [1.807, 2.05) is 12.1 Å². The average Bonchev–Trinajstić information content (AvgIpc) is 2.97. The Kier molecular flexibility index (Phi) is 9.62. The van der Waals surface area contributed by atoms with E-state index in [1.54, 1.807) is 26.2 Å². The molecule has 3 aliphatic rings. The summed E-state index contributed by atoms with van der Waals surface area (Å²) in [6, 6.07) is 3.13. The smallest absolute Gasteiger partial charge is 0.243 e. The van der Waals surface area contributed by atoms with Gasteiger partial charge in [0.25, 0.3) is 0 Å². The Morgan fingerprint density at radius 2 is 1.46 bits per heavy atom. The molecule has 1 unspecified atom stereocenters. The molecule has 3 fully saturated rings. The molecule has 0 spiro atoms. The number of nitrogens with zero attached hydrogens (tertiary/aromatic N) is 1. The van der Waals surface area contributed by atoms with Crippen LogP contribution in [0.25, 0.3) is 0 Å². The second-order valence-corrected chi connectivity index (χ2v) is 11.4. The van der Waals surface area contributed by atoms with Crippen LogP contribution >= 0.6 is 0 Å². The minimum Gasteiger partial charge on any atom is -0.493 e. The largest absolute Gasteiger partial charge is 0.493 e. The van der Waals surface area contributed by atoms with Crippen LogP contribution in [0.1, 0.15) is 95.0 Å². The Labute approximate surface area is 232 Å². The summed E-state index contributed by atoms with van der Waals surface area (Å²) in [5.74, 6) is 0.411. The number of amides is 3. The van der Waals surface area contributed by atoms with Crippen LogP contribution in [0.2, 0.25) is 0 Å². The monoisotopic (exact) mass is 543 g/mol. The molecule has 1 aromatic rings. The maximum Gasteiger partial charge on any atom is 0.243 e. The molecule has 1 aromatic carbocycles. The molecule has 1 heterocycles. The molecular weight excluding hydrogens is 498 g/mol. The van der Waals surface area contributed by atoms with E-state index in [9.17, 15) is 14.4 Å². The van der Waals surface area contributed by atoms with Crippen molar-refractivity contribution in [2.24, 2.45) is 11.7 Å². The van der Waals surface area contributed by atoms with Gasteiger partial charge in [0.15, 0.2) is 11.5 Å². The highest BCUT2D eigenvalue weighted by Gasteiger charge is 2.44. The first kappa shape index (κ1) is 29.0. The summed E-state index contributed by atoms with van der Waals surface area (Å²) in [5, 5.41) is 3.03. The minimum absolute atomic E-state index is 0.0483. The topological polar surface area (TPSA) is 120 Å². The molecule has 39 heavy (non-hydrogen) atoms. The molecule has 0 aromatic heterocycles. The fraction of sp³-hybridized carbons (Fsp3) is 0.700. The van der Waals surface area contributed by atoms with Crippen molar-refractivity contribution in [3.8, 4) is 17.2 Å². The van der Waals surface area contributed by atoms with Crippen LogP contribution < -0.4 is 25.3 Å². The maximum absolute atomic E-state index is 14.5. The van der Waals surface area contributed by atoms with Crippen molar-refractivity contribution in [3.05, 3.63) is 17.7 Å². The third-order valence-electron chi connectivity index (χ3n) is 9.06. The zero-order chi connectivity index (χ0) is 28.0. The molecule has 3 amide bonds. The predicted molar refractivity (Wildman–Crippen MR) is 148 cm³/mol. The summed E-state index contributed by atoms with van der Waals surface area (Å²) in [6.45, 7) is 0.508. The van der Waals surface area contributed by atoms with E-state index in [1.165, 1.54) is 0 Å². The Balaban J connectivity index is 1.68. The van der Waals surface area contributed by atoms with E-state index in [4.69, 9.17) is 19.9 Å². The summed E-state index contributed by atoms with van der Waals surface area (Å²) in [4.78, 5) is 42.5. The van der Waals surface area contributed by atoms with Crippen LogP contribution in [0, 0.1) is 5.92 Å². The van der Waals surface area contributed by atoms with Crippen molar-refractivity contribution in [3.63, 3.8) is 0 Å². The lowest BCUT2D eigenvalue weighted by Gasteiger charge is -2.42. The minimum atomic E-state index is -1.03. The molecule has 216 valence electrons. The van der Waals surface area contributed by atoms with Crippen LogP contribution in [0.4, 0.5) is 0 Å². The second-order valence-electron chi connectivity index (χ2n) is 11.4. The van der Waals surface area contributed by atoms with Gasteiger partial charge in [0.1, 0.15) is 11.6 Å². The van der Waals surface area contributed by atoms with E-state index in [-0.39, 0.29) is 17.7 Å². The number of benzene rings is 1. The van der Waals surface area contributed by atoms with Gasteiger partial charge >= 0.3 is 0 Å². The normalized spacial score (nSPS) is 22.4. The summed E-state index contributed by atoms with van der Waals surface area (Å²) >= 11 is 0. The van der Waals surface area contributed by atoms with Crippen LogP contribution in [0.5, 0.6) is 17.2 Å². The van der Waals surface area contributed by atoms with Gasteiger partial charge in [0.2, 0.25) is 23.5 Å². The molecular formula is C30H45N3O6. The van der Waals surface area contributed by atoms with Crippen LogP contribution in [-0.2, 0) is 14.4 Å². The van der Waals surface area contributed by atoms with Gasteiger partial charge in [-0.05, 0) is 68.6 Å². The van der Waals surface area contributed by atoms with Gasteiger partial charge in [-0.25, -0.2) is 0 Å². The molecule has 0 bridgehead atoms. The standard InChI is InChI=1S/C30H45N3O6/c1-37-23-18-21(19-24(38-2)26(23)39-3)25(20-12-6-4-7-13-20)28(35)33-17-11-8-14-22(33)27(34)32-30(29(31)36)15-9-5-10-16-30/h18-20,22,25H,4-17H2,1-3H3,(H2,31,36)(H,32,34)/t22?,25-/m0/s1. The number of hydrogen-bond donors (Lipinski definition) is 2. The lowest BCUT2D eigenvalue weighted by molar-refractivity contribution is -0.146. The first-order chi connectivity index (χ1) is 18.8. The number of piperidine rings is 1. The molecule has 4 rings (SSSR count). The van der Waals surface area contributed by atoms with E-state index < -0.39 is 23.4 Å². The quantitative estimate of drug-likeness (QED) is 0.485. The summed E-state index contributed by atoms with van der Waals surface area (Å²) in [7, 11) is 4.71. The molecule has 9 heteroatoms. The van der Waals surface area contributed by atoms with Gasteiger partial charge in [-0.3, -0.25) is 14.4 Å². The predicted octanol–water partition coefficient (Wildman–Crippen LogP) is 4.06. The molecule has 3 N–H and O–H groups in total. The van der Waals surface area contributed by atoms with Crippen molar-refractivity contribution in [1.29, 1.82) is 0 Å². The van der Waals surface area contributed by atoms with Crippen molar-refractivity contribution in [2.75, 3.05) is 27.9 Å². The van der Waals surface area contributed by atoms with Crippen LogP contribution in [0.3, 0.4) is 0 Å². The molecule has 9 nitrogen and oxygen atoms in total. The molecule has 2 atom stereocenters. The average molecular weight is 544 g/mol. The Hall–Kier alpha value is -2.97. The van der Waals surface area contributed by atoms with Gasteiger partial charge in [-0.1, -0.05) is 38.5 Å². The van der Waals surface area contributed by atoms with E-state index in [0.717, 1.165) is 69.8 Å². The van der Waals surface area contributed by atoms with E-state index in [0.29, 0.717) is 43.1 Å². The molecule has 2 aliphatic carbocycles.